The van der Waals surface area contributed by atoms with Crippen molar-refractivity contribution in [3.63, 3.8) is 0 Å². The molecule has 106 valence electrons. The highest BCUT2D eigenvalue weighted by Crippen LogP contribution is 2.22. The van der Waals surface area contributed by atoms with Crippen molar-refractivity contribution in [3.8, 4) is 0 Å². The number of nitrogens with two attached hydrogens (primary N) is 1. The van der Waals surface area contributed by atoms with Crippen molar-refractivity contribution < 1.29 is 0 Å². The van der Waals surface area contributed by atoms with Gasteiger partial charge in [0.05, 0.1) is 0 Å². The van der Waals surface area contributed by atoms with Crippen molar-refractivity contribution in [1.29, 1.82) is 0 Å². The third-order valence-corrected chi connectivity index (χ3v) is 4.15. The van der Waals surface area contributed by atoms with Crippen LogP contribution in [0.3, 0.4) is 0 Å². The second-order valence-electron chi connectivity index (χ2n) is 5.39. The average molecular weight is 265 g/mol. The molecular weight excluding hydrogens is 242 g/mol. The Hall–Kier alpha value is -1.34. The summed E-state index contributed by atoms with van der Waals surface area (Å²) in [5.41, 5.74) is 5.63. The van der Waals surface area contributed by atoms with Gasteiger partial charge < -0.3 is 20.4 Å². The highest BCUT2D eigenvalue weighted by Gasteiger charge is 2.29. The second-order valence-corrected chi connectivity index (χ2v) is 5.39. The summed E-state index contributed by atoms with van der Waals surface area (Å²) in [4.78, 5) is 11.5. The lowest BCUT2D eigenvalue weighted by Crippen LogP contribution is -2.50. The van der Waals surface area contributed by atoms with E-state index in [9.17, 15) is 0 Å². The van der Waals surface area contributed by atoms with E-state index in [1.165, 1.54) is 0 Å². The average Bonchev–Trinajstić information content (AvgIpc) is 2.87. The van der Waals surface area contributed by atoms with Crippen LogP contribution in [-0.4, -0.2) is 72.4 Å². The van der Waals surface area contributed by atoms with Crippen LogP contribution in [0, 0.1) is 5.92 Å². The van der Waals surface area contributed by atoms with Crippen LogP contribution >= 0.6 is 0 Å². The van der Waals surface area contributed by atoms with Crippen molar-refractivity contribution in [3.05, 3.63) is 0 Å². The Morgan fingerprint density at radius 1 is 1.21 bits per heavy atom. The predicted molar refractivity (Wildman–Crippen MR) is 75.5 cm³/mol. The van der Waals surface area contributed by atoms with E-state index in [2.05, 4.69) is 36.8 Å². The minimum absolute atomic E-state index is 0.607. The van der Waals surface area contributed by atoms with Crippen LogP contribution in [0.1, 0.15) is 6.92 Å². The van der Waals surface area contributed by atoms with Gasteiger partial charge >= 0.3 is 0 Å². The summed E-state index contributed by atoms with van der Waals surface area (Å²) in [6.07, 6.45) is 0. The fraction of sp³-hybridized carbons (Fsp3) is 0.833. The molecule has 0 atom stereocenters. The number of nitrogens with one attached hydrogen (secondary N) is 1. The van der Waals surface area contributed by atoms with Gasteiger partial charge in [0.15, 0.2) is 0 Å². The molecule has 2 aliphatic heterocycles. The second kappa shape index (κ2) is 5.34. The summed E-state index contributed by atoms with van der Waals surface area (Å²) in [6.45, 7) is 10.3. The lowest BCUT2D eigenvalue weighted by atomic mass is 10.0. The molecule has 0 aromatic carbocycles. The van der Waals surface area contributed by atoms with E-state index in [0.717, 1.165) is 64.3 Å². The van der Waals surface area contributed by atoms with Gasteiger partial charge in [-0.25, -0.2) is 5.10 Å². The Balaban J connectivity index is 1.57. The first-order valence-corrected chi connectivity index (χ1v) is 7.15. The number of piperazine rings is 1. The standard InChI is InChI=1S/C12H23N7/c1-2-17-3-5-18(6-4-17)11-14-12(16-15-11)19-8-10(7-13)9-19/h10H,2-9,13H2,1H3,(H,14,15,16). The topological polar surface area (TPSA) is 77.3 Å². The third kappa shape index (κ3) is 2.52. The van der Waals surface area contributed by atoms with E-state index in [1.54, 1.807) is 0 Å². The molecule has 2 saturated heterocycles. The first-order valence-electron chi connectivity index (χ1n) is 7.15. The number of rotatable bonds is 4. The molecule has 2 fully saturated rings. The lowest BCUT2D eigenvalue weighted by molar-refractivity contribution is 0.270. The molecule has 3 rings (SSSR count). The predicted octanol–water partition coefficient (Wildman–Crippen LogP) is -0.658. The number of nitrogens with zero attached hydrogens (tertiary/aromatic N) is 5. The number of anilines is 2. The number of hydrogen-bond donors (Lipinski definition) is 2. The van der Waals surface area contributed by atoms with Crippen LogP contribution in [0.4, 0.5) is 11.9 Å². The smallest absolute Gasteiger partial charge is 0.246 e. The van der Waals surface area contributed by atoms with Crippen LogP contribution < -0.4 is 15.5 Å². The van der Waals surface area contributed by atoms with Crippen LogP contribution in [0.2, 0.25) is 0 Å². The summed E-state index contributed by atoms with van der Waals surface area (Å²) < 4.78 is 0. The molecule has 0 aliphatic carbocycles. The van der Waals surface area contributed by atoms with Gasteiger partial charge in [0.1, 0.15) is 0 Å². The minimum Gasteiger partial charge on any atom is -0.339 e. The number of aromatic nitrogens is 3. The molecule has 2 aliphatic rings. The van der Waals surface area contributed by atoms with Gasteiger partial charge in [0.2, 0.25) is 11.9 Å². The molecular formula is C12H23N7. The maximum atomic E-state index is 5.63. The van der Waals surface area contributed by atoms with Gasteiger partial charge in [-0.3, -0.25) is 0 Å². The minimum atomic E-state index is 0.607. The van der Waals surface area contributed by atoms with Crippen molar-refractivity contribution >= 4 is 11.9 Å². The summed E-state index contributed by atoms with van der Waals surface area (Å²) in [6, 6.07) is 0. The Morgan fingerprint density at radius 3 is 2.58 bits per heavy atom. The van der Waals surface area contributed by atoms with Crippen molar-refractivity contribution in [2.24, 2.45) is 11.7 Å². The molecule has 19 heavy (non-hydrogen) atoms. The molecule has 0 bridgehead atoms. The zero-order chi connectivity index (χ0) is 13.2. The molecule has 1 aromatic rings. The number of hydrogen-bond acceptors (Lipinski definition) is 6. The van der Waals surface area contributed by atoms with E-state index >= 15 is 0 Å². The summed E-state index contributed by atoms with van der Waals surface area (Å²) in [5.74, 6) is 2.33. The fourth-order valence-electron chi connectivity index (χ4n) is 2.69. The highest BCUT2D eigenvalue weighted by molar-refractivity contribution is 5.41. The fourth-order valence-corrected chi connectivity index (χ4v) is 2.69. The monoisotopic (exact) mass is 265 g/mol. The van der Waals surface area contributed by atoms with E-state index in [1.807, 2.05) is 0 Å². The Labute approximate surface area is 113 Å². The molecule has 0 saturated carbocycles. The quantitative estimate of drug-likeness (QED) is 0.753. The SMILES string of the molecule is CCN1CCN(c2nc(N3CC(CN)C3)n[nH]2)CC1. The van der Waals surface area contributed by atoms with E-state index in [-0.39, 0.29) is 0 Å². The molecule has 3 N–H and O–H groups in total. The molecule has 0 radical (unpaired) electrons. The van der Waals surface area contributed by atoms with Crippen LogP contribution in [0.15, 0.2) is 0 Å². The summed E-state index contributed by atoms with van der Waals surface area (Å²) in [5, 5.41) is 7.38. The van der Waals surface area contributed by atoms with Gasteiger partial charge in [-0.1, -0.05) is 6.92 Å². The van der Waals surface area contributed by atoms with Gasteiger partial charge in [-0.15, -0.1) is 5.10 Å². The van der Waals surface area contributed by atoms with Crippen molar-refractivity contribution in [2.75, 3.05) is 62.2 Å². The summed E-state index contributed by atoms with van der Waals surface area (Å²) >= 11 is 0. The van der Waals surface area contributed by atoms with Gasteiger partial charge in [-0.05, 0) is 13.1 Å². The first kappa shape index (κ1) is 12.7. The Morgan fingerprint density at radius 2 is 1.95 bits per heavy atom. The first-order chi connectivity index (χ1) is 9.30. The van der Waals surface area contributed by atoms with Gasteiger partial charge in [0, 0.05) is 45.2 Å². The maximum Gasteiger partial charge on any atom is 0.246 e. The van der Waals surface area contributed by atoms with E-state index in [0.29, 0.717) is 5.92 Å². The van der Waals surface area contributed by atoms with Crippen LogP contribution in [0.5, 0.6) is 0 Å². The number of aromatic amines is 1. The molecule has 3 heterocycles. The highest BCUT2D eigenvalue weighted by atomic mass is 15.4. The number of likely N-dealkylation sites (N-methyl/N-ethyl adjacent to an activating group) is 1. The zero-order valence-corrected chi connectivity index (χ0v) is 11.5. The normalized spacial score (nSPS) is 21.8. The largest absolute Gasteiger partial charge is 0.339 e. The third-order valence-electron chi connectivity index (χ3n) is 4.15. The van der Waals surface area contributed by atoms with Gasteiger partial charge in [0.25, 0.3) is 0 Å². The van der Waals surface area contributed by atoms with Crippen molar-refractivity contribution in [2.45, 2.75) is 6.92 Å². The molecule has 0 amide bonds. The molecule has 1 aromatic heterocycles. The molecule has 7 heteroatoms. The van der Waals surface area contributed by atoms with E-state index < -0.39 is 0 Å². The molecule has 0 unspecified atom stereocenters. The molecule has 0 spiro atoms. The van der Waals surface area contributed by atoms with Crippen molar-refractivity contribution in [1.82, 2.24) is 20.1 Å². The van der Waals surface area contributed by atoms with Crippen LogP contribution in [-0.2, 0) is 0 Å². The summed E-state index contributed by atoms with van der Waals surface area (Å²) in [7, 11) is 0. The van der Waals surface area contributed by atoms with Crippen LogP contribution in [0.25, 0.3) is 0 Å². The Bertz CT molecular complexity index is 404. The maximum absolute atomic E-state index is 5.63. The lowest BCUT2D eigenvalue weighted by Gasteiger charge is -2.37. The zero-order valence-electron chi connectivity index (χ0n) is 11.5. The number of H-pyrrole nitrogens is 1. The Kier molecular flexibility index (Phi) is 3.56. The van der Waals surface area contributed by atoms with E-state index in [4.69, 9.17) is 5.73 Å². The van der Waals surface area contributed by atoms with Gasteiger partial charge in [-0.2, -0.15) is 4.98 Å². The molecule has 7 nitrogen and oxygen atoms in total.